The van der Waals surface area contributed by atoms with Crippen molar-refractivity contribution in [1.82, 2.24) is 9.73 Å². The maximum Gasteiger partial charge on any atom is 0.389 e. The van der Waals surface area contributed by atoms with Crippen molar-refractivity contribution >= 4 is 11.9 Å². The Morgan fingerprint density at radius 1 is 1.34 bits per heavy atom. The molecule has 5 nitrogen and oxygen atoms in total. The van der Waals surface area contributed by atoms with Crippen LogP contribution < -0.4 is 17.0 Å². The van der Waals surface area contributed by atoms with Crippen LogP contribution >= 0.6 is 11.9 Å². The molecule has 0 aliphatic heterocycles. The first-order valence-corrected chi connectivity index (χ1v) is 12.6. The highest BCUT2D eigenvalue weighted by Gasteiger charge is 2.35. The third kappa shape index (κ3) is 10.3. The van der Waals surface area contributed by atoms with E-state index in [4.69, 9.17) is 16.3 Å². The van der Waals surface area contributed by atoms with Crippen LogP contribution in [0.2, 0.25) is 0 Å². The molecule has 2 atom stereocenters. The van der Waals surface area contributed by atoms with Gasteiger partial charge in [0.1, 0.15) is 0 Å². The Morgan fingerprint density at radius 2 is 2.06 bits per heavy atom. The quantitative estimate of drug-likeness (QED) is 0.116. The molecule has 0 spiro atoms. The minimum Gasteiger partial charge on any atom is -0.403 e. The van der Waals surface area contributed by atoms with Crippen LogP contribution in [0.3, 0.4) is 0 Å². The van der Waals surface area contributed by atoms with Gasteiger partial charge in [-0.1, -0.05) is 43.4 Å². The highest BCUT2D eigenvalue weighted by molar-refractivity contribution is 8.01. The van der Waals surface area contributed by atoms with Crippen LogP contribution in [0.4, 0.5) is 13.2 Å². The van der Waals surface area contributed by atoms with Crippen molar-refractivity contribution in [2.24, 2.45) is 17.5 Å². The van der Waals surface area contributed by atoms with Crippen molar-refractivity contribution in [3.63, 3.8) is 0 Å². The van der Waals surface area contributed by atoms with Crippen molar-refractivity contribution < 1.29 is 17.9 Å². The predicted molar refractivity (Wildman–Crippen MR) is 142 cm³/mol. The molecule has 5 N–H and O–H groups in total. The number of rotatable bonds is 13. The number of alkyl halides is 3. The number of nitrogens with zero attached hydrogens (tertiary/aromatic N) is 1. The number of nitrogens with two attached hydrogens (primary N) is 2. The summed E-state index contributed by atoms with van der Waals surface area (Å²) in [4.78, 5) is 0.990. The van der Waals surface area contributed by atoms with Crippen LogP contribution in [0.25, 0.3) is 0 Å². The van der Waals surface area contributed by atoms with Gasteiger partial charge in [-0.3, -0.25) is 5.84 Å². The summed E-state index contributed by atoms with van der Waals surface area (Å²) in [5.74, 6) is 5.28. The summed E-state index contributed by atoms with van der Waals surface area (Å²) < 4.78 is 45.9. The first kappa shape index (κ1) is 31.1. The standard InChI is InChI=1S/C26H41F3N4OS/c1-6-9-23(35-33(16-17-34-5)25(4,7-2)24(19-30)32-31)15-12-20(3)22-11-8-10-21(13-14-22)18-26(27,28)29/h6,9,11-15,19,21,32H,7-8,10,16-18,30-31H2,1-5H3/b9-6-,20-12+,23-15+,24-19-. The van der Waals surface area contributed by atoms with Gasteiger partial charge in [-0.2, -0.15) is 13.2 Å². The van der Waals surface area contributed by atoms with E-state index >= 15 is 0 Å². The number of allylic oxidation sites excluding steroid dienone is 9. The number of halogens is 3. The third-order valence-electron chi connectivity index (χ3n) is 6.08. The monoisotopic (exact) mass is 514 g/mol. The average molecular weight is 515 g/mol. The zero-order valence-corrected chi connectivity index (χ0v) is 22.3. The summed E-state index contributed by atoms with van der Waals surface area (Å²) in [6, 6.07) is 0. The number of hydrogen-bond acceptors (Lipinski definition) is 6. The fraction of sp³-hybridized carbons (Fsp3) is 0.538. The second kappa shape index (κ2) is 15.2. The molecule has 0 aromatic heterocycles. The number of methoxy groups -OCH3 is 1. The number of ether oxygens (including phenoxy) is 1. The molecule has 1 aliphatic carbocycles. The number of hydrogen-bond donors (Lipinski definition) is 3. The first-order chi connectivity index (χ1) is 16.5. The molecular weight excluding hydrogens is 473 g/mol. The van der Waals surface area contributed by atoms with Gasteiger partial charge in [0.25, 0.3) is 0 Å². The van der Waals surface area contributed by atoms with Gasteiger partial charge in [-0.25, -0.2) is 4.31 Å². The predicted octanol–water partition coefficient (Wildman–Crippen LogP) is 6.27. The van der Waals surface area contributed by atoms with Crippen molar-refractivity contribution in [2.45, 2.75) is 65.1 Å². The fourth-order valence-corrected chi connectivity index (χ4v) is 4.95. The van der Waals surface area contributed by atoms with Crippen LogP contribution in [0.1, 0.15) is 53.4 Å². The SMILES string of the molecule is C\C=C/C(=C\C=C(/C)C1=CCCC(CC(F)(F)F)C=C1)SN(CCOC)C(C)(CC)/C(=C/N)NN. The Bertz CT molecular complexity index is 846. The molecule has 2 unspecified atom stereocenters. The van der Waals surface area contributed by atoms with Crippen LogP contribution in [0.15, 0.2) is 70.5 Å². The van der Waals surface area contributed by atoms with Gasteiger partial charge in [-0.05, 0) is 75.1 Å². The molecule has 35 heavy (non-hydrogen) atoms. The Hall–Kier alpha value is -1.94. The molecule has 0 amide bonds. The Balaban J connectivity index is 3.19. The zero-order chi connectivity index (χ0) is 26.5. The summed E-state index contributed by atoms with van der Waals surface area (Å²) in [6.07, 6.45) is 12.0. The van der Waals surface area contributed by atoms with E-state index in [-0.39, 0.29) is 0 Å². The van der Waals surface area contributed by atoms with Crippen LogP contribution in [-0.4, -0.2) is 36.3 Å². The van der Waals surface area contributed by atoms with Crippen LogP contribution in [0.5, 0.6) is 0 Å². The first-order valence-electron chi connectivity index (χ1n) is 11.8. The van der Waals surface area contributed by atoms with E-state index in [1.54, 1.807) is 25.1 Å². The van der Waals surface area contributed by atoms with Crippen molar-refractivity contribution in [3.05, 3.63) is 70.5 Å². The molecule has 0 aromatic rings. The van der Waals surface area contributed by atoms with Gasteiger partial charge < -0.3 is 15.9 Å². The van der Waals surface area contributed by atoms with Gasteiger partial charge in [0.05, 0.1) is 17.8 Å². The van der Waals surface area contributed by atoms with E-state index in [1.807, 2.05) is 50.3 Å². The molecule has 0 heterocycles. The molecule has 1 rings (SSSR count). The van der Waals surface area contributed by atoms with E-state index in [0.29, 0.717) is 31.7 Å². The summed E-state index contributed by atoms with van der Waals surface area (Å²) in [7, 11) is 1.66. The average Bonchev–Trinajstić information content (AvgIpc) is 3.04. The van der Waals surface area contributed by atoms with E-state index in [0.717, 1.165) is 22.5 Å². The topological polar surface area (TPSA) is 76.5 Å². The number of nitrogens with one attached hydrogen (secondary N) is 1. The maximum absolute atomic E-state index is 12.8. The second-order valence-electron chi connectivity index (χ2n) is 8.63. The summed E-state index contributed by atoms with van der Waals surface area (Å²) in [5, 5.41) is 0. The Kier molecular flexibility index (Phi) is 13.5. The molecule has 0 saturated heterocycles. The molecular formula is C26H41F3N4OS. The lowest BCUT2D eigenvalue weighted by atomic mass is 9.95. The molecule has 0 bridgehead atoms. The van der Waals surface area contributed by atoms with Crippen molar-refractivity contribution in [3.8, 4) is 0 Å². The second-order valence-corrected chi connectivity index (χ2v) is 9.73. The lowest BCUT2D eigenvalue weighted by Gasteiger charge is -2.41. The lowest BCUT2D eigenvalue weighted by Crippen LogP contribution is -2.50. The smallest absolute Gasteiger partial charge is 0.389 e. The van der Waals surface area contributed by atoms with Gasteiger partial charge in [0, 0.05) is 31.2 Å². The maximum atomic E-state index is 12.8. The van der Waals surface area contributed by atoms with Crippen LogP contribution in [0, 0.1) is 5.92 Å². The molecule has 0 saturated carbocycles. The van der Waals surface area contributed by atoms with Crippen molar-refractivity contribution in [1.29, 1.82) is 0 Å². The molecule has 0 aromatic carbocycles. The summed E-state index contributed by atoms with van der Waals surface area (Å²) in [6.45, 7) is 9.23. The Morgan fingerprint density at radius 3 is 2.60 bits per heavy atom. The summed E-state index contributed by atoms with van der Waals surface area (Å²) in [5.41, 5.74) is 10.8. The van der Waals surface area contributed by atoms with E-state index in [9.17, 15) is 13.2 Å². The molecule has 198 valence electrons. The minimum absolute atomic E-state index is 0.466. The molecule has 9 heteroatoms. The van der Waals surface area contributed by atoms with Crippen LogP contribution in [-0.2, 0) is 4.74 Å². The highest BCUT2D eigenvalue weighted by atomic mass is 32.2. The molecule has 0 radical (unpaired) electrons. The third-order valence-corrected chi connectivity index (χ3v) is 7.37. The highest BCUT2D eigenvalue weighted by Crippen LogP contribution is 2.36. The van der Waals surface area contributed by atoms with Crippen molar-refractivity contribution in [2.75, 3.05) is 20.3 Å². The Labute approximate surface area is 213 Å². The lowest BCUT2D eigenvalue weighted by molar-refractivity contribution is -0.141. The van der Waals surface area contributed by atoms with Gasteiger partial charge in [0.15, 0.2) is 0 Å². The zero-order valence-electron chi connectivity index (χ0n) is 21.5. The normalized spacial score (nSPS) is 20.2. The number of hydrazine groups is 1. The van der Waals surface area contributed by atoms with Gasteiger partial charge in [0.2, 0.25) is 0 Å². The van der Waals surface area contributed by atoms with E-state index in [1.165, 1.54) is 6.20 Å². The van der Waals surface area contributed by atoms with E-state index in [2.05, 4.69) is 23.6 Å². The van der Waals surface area contributed by atoms with Gasteiger partial charge in [-0.15, -0.1) is 0 Å². The molecule has 1 aliphatic rings. The largest absolute Gasteiger partial charge is 0.403 e. The minimum atomic E-state index is -4.15. The summed E-state index contributed by atoms with van der Waals surface area (Å²) >= 11 is 1.57. The molecule has 0 fully saturated rings. The fourth-order valence-electron chi connectivity index (χ4n) is 3.78. The van der Waals surface area contributed by atoms with E-state index < -0.39 is 24.1 Å². The van der Waals surface area contributed by atoms with Gasteiger partial charge >= 0.3 is 6.18 Å².